The predicted octanol–water partition coefficient (Wildman–Crippen LogP) is -0.830. The monoisotopic (exact) mass is 297 g/mol. The normalized spacial score (nSPS) is 18.2. The summed E-state index contributed by atoms with van der Waals surface area (Å²) in [4.78, 5) is 14.2. The number of nitrogens with zero attached hydrogens (tertiary/aromatic N) is 4. The molecular formula is C13H23N5O3. The fraction of sp³-hybridized carbons (Fsp3) is 0.769. The van der Waals surface area contributed by atoms with Crippen molar-refractivity contribution in [1.29, 1.82) is 0 Å². The molecule has 0 spiro atoms. The number of aliphatic hydroxyl groups is 1. The van der Waals surface area contributed by atoms with E-state index in [4.69, 9.17) is 9.84 Å². The highest BCUT2D eigenvalue weighted by molar-refractivity contribution is 5.76. The second-order valence-electron chi connectivity index (χ2n) is 5.05. The Bertz CT molecular complexity index is 443. The van der Waals surface area contributed by atoms with Crippen molar-refractivity contribution >= 4 is 5.97 Å². The Labute approximate surface area is 124 Å². The van der Waals surface area contributed by atoms with Gasteiger partial charge >= 0.3 is 5.97 Å². The summed E-state index contributed by atoms with van der Waals surface area (Å²) in [6, 6.07) is -0.516. The minimum atomic E-state index is -0.516. The first-order valence-corrected chi connectivity index (χ1v) is 7.29. The van der Waals surface area contributed by atoms with Gasteiger partial charge < -0.3 is 15.2 Å². The molecule has 1 aromatic rings. The largest absolute Gasteiger partial charge is 0.468 e. The quantitative estimate of drug-likeness (QED) is 0.662. The zero-order chi connectivity index (χ0) is 15.1. The van der Waals surface area contributed by atoms with Gasteiger partial charge in [-0.3, -0.25) is 9.58 Å². The molecule has 2 N–H and O–H groups in total. The van der Waals surface area contributed by atoms with Gasteiger partial charge in [0.05, 0.1) is 13.3 Å². The number of hydrogen-bond donors (Lipinski definition) is 2. The molecule has 0 bridgehead atoms. The van der Waals surface area contributed by atoms with Crippen LogP contribution in [0.5, 0.6) is 0 Å². The van der Waals surface area contributed by atoms with Crippen molar-refractivity contribution in [1.82, 2.24) is 25.2 Å². The lowest BCUT2D eigenvalue weighted by molar-refractivity contribution is -0.147. The number of nitrogens with one attached hydrogen (secondary N) is 1. The van der Waals surface area contributed by atoms with Crippen LogP contribution in [0.4, 0.5) is 0 Å². The second-order valence-corrected chi connectivity index (χ2v) is 5.05. The van der Waals surface area contributed by atoms with E-state index in [2.05, 4.69) is 20.5 Å². The number of aliphatic hydroxyl groups excluding tert-OH is 1. The molecule has 1 aromatic heterocycles. The molecule has 21 heavy (non-hydrogen) atoms. The molecule has 0 saturated carbocycles. The molecule has 0 aromatic carbocycles. The maximum absolute atomic E-state index is 12.1. The van der Waals surface area contributed by atoms with E-state index >= 15 is 0 Å². The summed E-state index contributed by atoms with van der Waals surface area (Å²) in [6.45, 7) is 4.06. The highest BCUT2D eigenvalue weighted by Crippen LogP contribution is 2.21. The Kier molecular flexibility index (Phi) is 6.09. The first-order valence-electron chi connectivity index (χ1n) is 7.29. The van der Waals surface area contributed by atoms with E-state index in [1.807, 2.05) is 0 Å². The van der Waals surface area contributed by atoms with Crippen molar-refractivity contribution in [2.45, 2.75) is 25.4 Å². The van der Waals surface area contributed by atoms with Crippen molar-refractivity contribution in [3.63, 3.8) is 0 Å². The fourth-order valence-corrected chi connectivity index (χ4v) is 2.47. The Balaban J connectivity index is 2.14. The average molecular weight is 297 g/mol. The molecule has 8 heteroatoms. The van der Waals surface area contributed by atoms with Crippen LogP contribution in [0.1, 0.15) is 24.6 Å². The summed E-state index contributed by atoms with van der Waals surface area (Å²) in [6.07, 6.45) is 3.35. The van der Waals surface area contributed by atoms with Gasteiger partial charge in [0.15, 0.2) is 6.04 Å². The highest BCUT2D eigenvalue weighted by Gasteiger charge is 2.31. The Morgan fingerprint density at radius 3 is 3.14 bits per heavy atom. The number of aryl methyl sites for hydroxylation is 1. The van der Waals surface area contributed by atoms with E-state index in [1.165, 1.54) is 7.11 Å². The summed E-state index contributed by atoms with van der Waals surface area (Å²) < 4.78 is 6.58. The molecule has 2 rings (SSSR count). The van der Waals surface area contributed by atoms with Gasteiger partial charge in [0, 0.05) is 32.8 Å². The minimum absolute atomic E-state index is 0.105. The van der Waals surface area contributed by atoms with Gasteiger partial charge in [-0.25, -0.2) is 4.79 Å². The molecule has 1 unspecified atom stereocenters. The van der Waals surface area contributed by atoms with Gasteiger partial charge in [-0.1, -0.05) is 5.21 Å². The van der Waals surface area contributed by atoms with Crippen LogP contribution in [0, 0.1) is 0 Å². The summed E-state index contributed by atoms with van der Waals surface area (Å²) in [5, 5.41) is 20.3. The molecule has 118 valence electrons. The first kappa shape index (κ1) is 15.9. The number of ether oxygens (including phenoxy) is 1. The standard InChI is InChI=1S/C13H23N5O3/c1-21-13(20)12(17-6-2-4-14-5-8-17)11-10-18(16-15-11)7-3-9-19/h10,12,14,19H,2-9H2,1H3. The van der Waals surface area contributed by atoms with Gasteiger partial charge in [0.25, 0.3) is 0 Å². The van der Waals surface area contributed by atoms with Crippen LogP contribution in [-0.2, 0) is 16.1 Å². The number of aromatic nitrogens is 3. The Hall–Kier alpha value is -1.51. The lowest BCUT2D eigenvalue weighted by Crippen LogP contribution is -2.37. The van der Waals surface area contributed by atoms with Crippen molar-refractivity contribution in [2.75, 3.05) is 39.9 Å². The van der Waals surface area contributed by atoms with E-state index in [1.54, 1.807) is 10.9 Å². The molecule has 0 aliphatic carbocycles. The lowest BCUT2D eigenvalue weighted by Gasteiger charge is -2.26. The Morgan fingerprint density at radius 2 is 2.38 bits per heavy atom. The molecular weight excluding hydrogens is 274 g/mol. The molecule has 1 saturated heterocycles. The number of rotatable bonds is 6. The summed E-state index contributed by atoms with van der Waals surface area (Å²) >= 11 is 0. The SMILES string of the molecule is COC(=O)C(c1cn(CCCO)nn1)N1CCCNCC1. The van der Waals surface area contributed by atoms with E-state index in [0.717, 1.165) is 32.6 Å². The first-order chi connectivity index (χ1) is 10.3. The fourth-order valence-electron chi connectivity index (χ4n) is 2.47. The average Bonchev–Trinajstić information content (AvgIpc) is 2.79. The van der Waals surface area contributed by atoms with Crippen LogP contribution in [0.25, 0.3) is 0 Å². The minimum Gasteiger partial charge on any atom is -0.468 e. The third kappa shape index (κ3) is 4.23. The van der Waals surface area contributed by atoms with Crippen molar-refractivity contribution in [3.8, 4) is 0 Å². The maximum atomic E-state index is 12.1. The number of carbonyl (C=O) groups excluding carboxylic acids is 1. The van der Waals surface area contributed by atoms with Crippen LogP contribution in [0.15, 0.2) is 6.20 Å². The zero-order valence-electron chi connectivity index (χ0n) is 12.4. The van der Waals surface area contributed by atoms with Gasteiger partial charge in [0.1, 0.15) is 5.69 Å². The molecule has 1 atom stereocenters. The number of hydrogen-bond acceptors (Lipinski definition) is 7. The van der Waals surface area contributed by atoms with E-state index < -0.39 is 6.04 Å². The third-order valence-corrected chi connectivity index (χ3v) is 3.55. The molecule has 1 aliphatic rings. The molecule has 0 amide bonds. The summed E-state index contributed by atoms with van der Waals surface area (Å²) in [5.41, 5.74) is 0.599. The highest BCUT2D eigenvalue weighted by atomic mass is 16.5. The topological polar surface area (TPSA) is 92.5 Å². The van der Waals surface area contributed by atoms with E-state index in [-0.39, 0.29) is 12.6 Å². The van der Waals surface area contributed by atoms with Crippen LogP contribution in [0.3, 0.4) is 0 Å². The number of esters is 1. The zero-order valence-corrected chi connectivity index (χ0v) is 12.4. The molecule has 8 nitrogen and oxygen atoms in total. The van der Waals surface area contributed by atoms with Gasteiger partial charge in [-0.15, -0.1) is 5.10 Å². The molecule has 0 radical (unpaired) electrons. The van der Waals surface area contributed by atoms with E-state index in [9.17, 15) is 4.79 Å². The van der Waals surface area contributed by atoms with Crippen molar-refractivity contribution in [2.24, 2.45) is 0 Å². The van der Waals surface area contributed by atoms with Crippen LogP contribution >= 0.6 is 0 Å². The molecule has 2 heterocycles. The Morgan fingerprint density at radius 1 is 1.52 bits per heavy atom. The summed E-state index contributed by atoms with van der Waals surface area (Å²) in [5.74, 6) is -0.314. The maximum Gasteiger partial charge on any atom is 0.329 e. The summed E-state index contributed by atoms with van der Waals surface area (Å²) in [7, 11) is 1.39. The van der Waals surface area contributed by atoms with Crippen LogP contribution in [0.2, 0.25) is 0 Å². The van der Waals surface area contributed by atoms with Gasteiger partial charge in [0.2, 0.25) is 0 Å². The number of carbonyl (C=O) groups is 1. The van der Waals surface area contributed by atoms with Crippen LogP contribution in [-0.4, -0.2) is 70.9 Å². The van der Waals surface area contributed by atoms with Crippen molar-refractivity contribution in [3.05, 3.63) is 11.9 Å². The lowest BCUT2D eigenvalue weighted by atomic mass is 10.1. The van der Waals surface area contributed by atoms with Crippen LogP contribution < -0.4 is 5.32 Å². The van der Waals surface area contributed by atoms with Gasteiger partial charge in [-0.2, -0.15) is 0 Å². The molecule has 1 aliphatic heterocycles. The smallest absolute Gasteiger partial charge is 0.329 e. The van der Waals surface area contributed by atoms with Gasteiger partial charge in [-0.05, 0) is 19.4 Å². The third-order valence-electron chi connectivity index (χ3n) is 3.55. The van der Waals surface area contributed by atoms with E-state index in [0.29, 0.717) is 18.7 Å². The second kappa shape index (κ2) is 8.06. The number of methoxy groups -OCH3 is 1. The van der Waals surface area contributed by atoms with Crippen molar-refractivity contribution < 1.29 is 14.6 Å². The predicted molar refractivity (Wildman–Crippen MR) is 75.5 cm³/mol. The molecule has 1 fully saturated rings.